The number of halogens is 1. The zero-order chi connectivity index (χ0) is 10.8. The standard InChI is InChI=1S/C13H14ClN/c1-9(2)7-10-8-13(14)15-12-6-4-3-5-11(10)12/h3-6,8-9H,7H2,1-2H3. The molecular formula is C13H14ClN. The molecule has 1 aromatic heterocycles. The van der Waals surface area contributed by atoms with Crippen LogP contribution in [0, 0.1) is 5.92 Å². The number of hydrogen-bond donors (Lipinski definition) is 0. The fourth-order valence-corrected chi connectivity index (χ4v) is 2.04. The molecule has 15 heavy (non-hydrogen) atoms. The Bertz CT molecular complexity index is 477. The number of pyridine rings is 1. The van der Waals surface area contributed by atoms with Gasteiger partial charge in [-0.3, -0.25) is 0 Å². The number of rotatable bonds is 2. The summed E-state index contributed by atoms with van der Waals surface area (Å²) in [5.74, 6) is 0.631. The summed E-state index contributed by atoms with van der Waals surface area (Å²) in [5, 5.41) is 1.81. The lowest BCUT2D eigenvalue weighted by Crippen LogP contribution is -1.96. The first-order chi connectivity index (χ1) is 7.16. The predicted octanol–water partition coefficient (Wildman–Crippen LogP) is 4.09. The molecule has 0 saturated heterocycles. The third kappa shape index (κ3) is 2.29. The molecule has 0 saturated carbocycles. The average Bonchev–Trinajstić information content (AvgIpc) is 2.16. The van der Waals surface area contributed by atoms with Crippen LogP contribution in [0.1, 0.15) is 19.4 Å². The molecule has 2 aromatic rings. The van der Waals surface area contributed by atoms with Crippen LogP contribution in [0.2, 0.25) is 5.15 Å². The average molecular weight is 220 g/mol. The first-order valence-corrected chi connectivity index (χ1v) is 5.59. The SMILES string of the molecule is CC(C)Cc1cc(Cl)nc2ccccc12. The molecular weight excluding hydrogens is 206 g/mol. The summed E-state index contributed by atoms with van der Waals surface area (Å²) in [6.07, 6.45) is 1.04. The van der Waals surface area contributed by atoms with Crippen molar-refractivity contribution in [2.75, 3.05) is 0 Å². The highest BCUT2D eigenvalue weighted by atomic mass is 35.5. The lowest BCUT2D eigenvalue weighted by Gasteiger charge is -2.09. The van der Waals surface area contributed by atoms with E-state index in [1.54, 1.807) is 0 Å². The van der Waals surface area contributed by atoms with Gasteiger partial charge in [-0.1, -0.05) is 43.6 Å². The van der Waals surface area contributed by atoms with Gasteiger partial charge in [0.2, 0.25) is 0 Å². The van der Waals surface area contributed by atoms with Crippen LogP contribution in [0.5, 0.6) is 0 Å². The van der Waals surface area contributed by atoms with Gasteiger partial charge < -0.3 is 0 Å². The first-order valence-electron chi connectivity index (χ1n) is 5.21. The fourth-order valence-electron chi connectivity index (χ4n) is 1.82. The Balaban J connectivity index is 2.60. The van der Waals surface area contributed by atoms with E-state index in [1.165, 1.54) is 10.9 Å². The Morgan fingerprint density at radius 1 is 1.27 bits per heavy atom. The van der Waals surface area contributed by atoms with Crippen molar-refractivity contribution in [3.05, 3.63) is 41.0 Å². The number of nitrogens with zero attached hydrogens (tertiary/aromatic N) is 1. The van der Waals surface area contributed by atoms with E-state index in [1.807, 2.05) is 24.3 Å². The molecule has 0 amide bonds. The molecule has 0 bridgehead atoms. The normalized spacial score (nSPS) is 11.2. The molecule has 0 fully saturated rings. The number of aromatic nitrogens is 1. The van der Waals surface area contributed by atoms with E-state index in [2.05, 4.69) is 24.9 Å². The third-order valence-electron chi connectivity index (χ3n) is 2.40. The van der Waals surface area contributed by atoms with Crippen molar-refractivity contribution >= 4 is 22.5 Å². The van der Waals surface area contributed by atoms with Crippen LogP contribution in [0.25, 0.3) is 10.9 Å². The van der Waals surface area contributed by atoms with Crippen molar-refractivity contribution in [2.24, 2.45) is 5.92 Å². The number of benzene rings is 1. The summed E-state index contributed by atoms with van der Waals surface area (Å²) in [6.45, 7) is 4.42. The molecule has 0 aliphatic heterocycles. The van der Waals surface area contributed by atoms with Crippen LogP contribution in [-0.2, 0) is 6.42 Å². The summed E-state index contributed by atoms with van der Waals surface area (Å²) in [5.41, 5.74) is 2.28. The summed E-state index contributed by atoms with van der Waals surface area (Å²) in [7, 11) is 0. The van der Waals surface area contributed by atoms with Gasteiger partial charge in [-0.2, -0.15) is 0 Å². The molecule has 1 aromatic carbocycles. The van der Waals surface area contributed by atoms with E-state index in [9.17, 15) is 0 Å². The molecule has 0 aliphatic carbocycles. The molecule has 2 heteroatoms. The van der Waals surface area contributed by atoms with Gasteiger partial charge in [-0.15, -0.1) is 0 Å². The maximum atomic E-state index is 6.00. The van der Waals surface area contributed by atoms with Gasteiger partial charge in [0, 0.05) is 5.39 Å². The van der Waals surface area contributed by atoms with Gasteiger partial charge in [0.1, 0.15) is 5.15 Å². The first kappa shape index (κ1) is 10.4. The molecule has 2 rings (SSSR count). The smallest absolute Gasteiger partial charge is 0.130 e. The molecule has 0 atom stereocenters. The Morgan fingerprint density at radius 3 is 2.73 bits per heavy atom. The number of hydrogen-bond acceptors (Lipinski definition) is 1. The van der Waals surface area contributed by atoms with Crippen LogP contribution in [0.4, 0.5) is 0 Å². The van der Waals surface area contributed by atoms with Gasteiger partial charge in [0.25, 0.3) is 0 Å². The summed E-state index contributed by atoms with van der Waals surface area (Å²) < 4.78 is 0. The van der Waals surface area contributed by atoms with Crippen LogP contribution in [0.3, 0.4) is 0 Å². The van der Waals surface area contributed by atoms with Crippen LogP contribution >= 0.6 is 11.6 Å². The maximum Gasteiger partial charge on any atom is 0.130 e. The molecule has 0 spiro atoms. The lowest BCUT2D eigenvalue weighted by atomic mass is 10.00. The fraction of sp³-hybridized carbons (Fsp3) is 0.308. The van der Waals surface area contributed by atoms with Gasteiger partial charge >= 0.3 is 0 Å². The lowest BCUT2D eigenvalue weighted by molar-refractivity contribution is 0.650. The second-order valence-electron chi connectivity index (χ2n) is 4.22. The molecule has 0 radical (unpaired) electrons. The maximum absolute atomic E-state index is 6.00. The van der Waals surface area contributed by atoms with E-state index in [0.717, 1.165) is 11.9 Å². The van der Waals surface area contributed by atoms with Crippen molar-refractivity contribution < 1.29 is 0 Å². The van der Waals surface area contributed by atoms with Crippen molar-refractivity contribution in [1.82, 2.24) is 4.98 Å². The Morgan fingerprint density at radius 2 is 2.00 bits per heavy atom. The Kier molecular flexibility index (Phi) is 2.92. The monoisotopic (exact) mass is 219 g/mol. The highest BCUT2D eigenvalue weighted by Gasteiger charge is 2.05. The van der Waals surface area contributed by atoms with Crippen LogP contribution < -0.4 is 0 Å². The van der Waals surface area contributed by atoms with Gasteiger partial charge in [0.15, 0.2) is 0 Å². The van der Waals surface area contributed by atoms with Crippen molar-refractivity contribution in [1.29, 1.82) is 0 Å². The highest BCUT2D eigenvalue weighted by Crippen LogP contribution is 2.22. The summed E-state index contributed by atoms with van der Waals surface area (Å²) in [4.78, 5) is 4.31. The minimum atomic E-state index is 0.587. The summed E-state index contributed by atoms with van der Waals surface area (Å²) >= 11 is 6.00. The topological polar surface area (TPSA) is 12.9 Å². The van der Waals surface area contributed by atoms with E-state index in [-0.39, 0.29) is 0 Å². The van der Waals surface area contributed by atoms with Gasteiger partial charge in [-0.05, 0) is 30.0 Å². The van der Waals surface area contributed by atoms with Crippen molar-refractivity contribution in [3.8, 4) is 0 Å². The second-order valence-corrected chi connectivity index (χ2v) is 4.61. The van der Waals surface area contributed by atoms with Crippen LogP contribution in [0.15, 0.2) is 30.3 Å². The molecule has 0 N–H and O–H groups in total. The third-order valence-corrected chi connectivity index (χ3v) is 2.59. The largest absolute Gasteiger partial charge is 0.236 e. The van der Waals surface area contributed by atoms with Gasteiger partial charge in [0.05, 0.1) is 5.52 Å². The zero-order valence-electron chi connectivity index (χ0n) is 9.00. The predicted molar refractivity (Wildman–Crippen MR) is 65.3 cm³/mol. The minimum absolute atomic E-state index is 0.587. The van der Waals surface area contributed by atoms with E-state index in [0.29, 0.717) is 11.1 Å². The van der Waals surface area contributed by atoms with Crippen LogP contribution in [-0.4, -0.2) is 4.98 Å². The van der Waals surface area contributed by atoms with Crippen molar-refractivity contribution in [3.63, 3.8) is 0 Å². The molecule has 0 unspecified atom stereocenters. The molecule has 0 aliphatic rings. The quantitative estimate of drug-likeness (QED) is 0.694. The molecule has 78 valence electrons. The zero-order valence-corrected chi connectivity index (χ0v) is 9.75. The number of para-hydroxylation sites is 1. The van der Waals surface area contributed by atoms with Crippen molar-refractivity contribution in [2.45, 2.75) is 20.3 Å². The molecule has 1 heterocycles. The highest BCUT2D eigenvalue weighted by molar-refractivity contribution is 6.29. The second kappa shape index (κ2) is 4.19. The van der Waals surface area contributed by atoms with E-state index in [4.69, 9.17) is 11.6 Å². The van der Waals surface area contributed by atoms with E-state index >= 15 is 0 Å². The minimum Gasteiger partial charge on any atom is -0.236 e. The number of fused-ring (bicyclic) bond motifs is 1. The van der Waals surface area contributed by atoms with E-state index < -0.39 is 0 Å². The Hall–Kier alpha value is -1.08. The Labute approximate surface area is 95.1 Å². The molecule has 1 nitrogen and oxygen atoms in total. The van der Waals surface area contributed by atoms with Gasteiger partial charge in [-0.25, -0.2) is 4.98 Å². The summed E-state index contributed by atoms with van der Waals surface area (Å²) in [6, 6.07) is 10.1.